The first kappa shape index (κ1) is 10.9. The number of rotatable bonds is 1. The fourth-order valence-corrected chi connectivity index (χ4v) is 2.19. The Bertz CT molecular complexity index is 542. The van der Waals surface area contributed by atoms with Crippen molar-refractivity contribution in [1.29, 1.82) is 0 Å². The summed E-state index contributed by atoms with van der Waals surface area (Å²) in [5.41, 5.74) is -0.795. The Morgan fingerprint density at radius 2 is 2.25 bits per heavy atom. The highest BCUT2D eigenvalue weighted by atomic mass is 32.1. The normalized spacial score (nSPS) is 12.0. The number of amides is 1. The predicted octanol–water partition coefficient (Wildman–Crippen LogP) is 2.37. The van der Waals surface area contributed by atoms with Crippen molar-refractivity contribution in [2.24, 2.45) is 0 Å². The molecule has 0 fully saturated rings. The summed E-state index contributed by atoms with van der Waals surface area (Å²) in [6.45, 7) is 1.27. The van der Waals surface area contributed by atoms with Gasteiger partial charge in [0.2, 0.25) is 5.91 Å². The zero-order valence-electron chi connectivity index (χ0n) is 8.00. The highest BCUT2D eigenvalue weighted by Gasteiger charge is 2.35. The van der Waals surface area contributed by atoms with E-state index in [1.807, 2.05) is 0 Å². The first-order valence-corrected chi connectivity index (χ1v) is 5.07. The second-order valence-electron chi connectivity index (χ2n) is 3.07. The van der Waals surface area contributed by atoms with Crippen LogP contribution in [0.1, 0.15) is 12.6 Å². The second kappa shape index (κ2) is 3.48. The smallest absolute Gasteiger partial charge is 0.308 e. The minimum Gasteiger partial charge on any atom is -0.308 e. The highest BCUT2D eigenvalue weighted by molar-refractivity contribution is 7.16. The van der Waals surface area contributed by atoms with E-state index in [0.717, 1.165) is 27.4 Å². The second-order valence-corrected chi connectivity index (χ2v) is 3.93. The zero-order valence-corrected chi connectivity index (χ0v) is 8.82. The first-order chi connectivity index (χ1) is 7.39. The molecule has 1 amide bonds. The molecule has 0 saturated heterocycles. The molecular weight excluding hydrogens is 243 g/mol. The minimum atomic E-state index is -4.42. The van der Waals surface area contributed by atoms with Crippen LogP contribution in [0.5, 0.6) is 0 Å². The van der Waals surface area contributed by atoms with Gasteiger partial charge in [-0.15, -0.1) is 11.3 Å². The average Bonchev–Trinajstić information content (AvgIpc) is 2.65. The zero-order chi connectivity index (χ0) is 11.9. The van der Waals surface area contributed by atoms with E-state index < -0.39 is 11.9 Å². The minimum absolute atomic E-state index is 0.146. The molecule has 0 saturated carbocycles. The number of anilines is 1. The Labute approximate surface area is 91.7 Å². The van der Waals surface area contributed by atoms with Crippen molar-refractivity contribution >= 4 is 27.9 Å². The van der Waals surface area contributed by atoms with E-state index in [4.69, 9.17) is 0 Å². The van der Waals surface area contributed by atoms with Crippen molar-refractivity contribution in [2.75, 3.05) is 5.32 Å². The number of nitrogens with one attached hydrogen (secondary N) is 1. The van der Waals surface area contributed by atoms with Crippen LogP contribution in [0, 0.1) is 0 Å². The van der Waals surface area contributed by atoms with E-state index >= 15 is 0 Å². The van der Waals surface area contributed by atoms with E-state index in [0.29, 0.717) is 0 Å². The highest BCUT2D eigenvalue weighted by Crippen LogP contribution is 2.34. The molecule has 0 radical (unpaired) electrons. The predicted molar refractivity (Wildman–Crippen MR) is 52.4 cm³/mol. The van der Waals surface area contributed by atoms with Crippen LogP contribution < -0.4 is 5.32 Å². The Morgan fingerprint density at radius 1 is 1.56 bits per heavy atom. The summed E-state index contributed by atoms with van der Waals surface area (Å²) in [5.74, 6) is -0.226. The third-order valence-corrected chi connectivity index (χ3v) is 2.80. The maximum atomic E-state index is 12.5. The van der Waals surface area contributed by atoms with Crippen LogP contribution in [0.4, 0.5) is 19.0 Å². The van der Waals surface area contributed by atoms with E-state index in [9.17, 15) is 18.0 Å². The lowest BCUT2D eigenvalue weighted by Gasteiger charge is -2.02. The molecule has 1 N–H and O–H groups in total. The number of hydrogen-bond donors (Lipinski definition) is 1. The molecule has 0 aromatic carbocycles. The van der Waals surface area contributed by atoms with Crippen LogP contribution in [-0.4, -0.2) is 15.3 Å². The molecule has 2 rings (SSSR count). The summed E-state index contributed by atoms with van der Waals surface area (Å²) < 4.78 is 38.4. The number of halogens is 3. The van der Waals surface area contributed by atoms with Crippen LogP contribution in [0.25, 0.3) is 4.83 Å². The SMILES string of the molecule is CC(=O)Nc1ncn2c(C(F)(F)F)csc12. The number of hydrogen-bond acceptors (Lipinski definition) is 3. The van der Waals surface area contributed by atoms with Crippen LogP contribution in [-0.2, 0) is 11.0 Å². The number of carbonyl (C=O) groups excluding carboxylic acids is 1. The van der Waals surface area contributed by atoms with Gasteiger partial charge in [-0.3, -0.25) is 9.20 Å². The van der Waals surface area contributed by atoms with Gasteiger partial charge in [-0.1, -0.05) is 0 Å². The Hall–Kier alpha value is -1.57. The van der Waals surface area contributed by atoms with Gasteiger partial charge in [-0.25, -0.2) is 4.98 Å². The summed E-state index contributed by atoms with van der Waals surface area (Å²) in [6, 6.07) is 0. The van der Waals surface area contributed by atoms with Gasteiger partial charge >= 0.3 is 6.18 Å². The van der Waals surface area contributed by atoms with Crippen molar-refractivity contribution in [1.82, 2.24) is 9.38 Å². The van der Waals surface area contributed by atoms with E-state index in [1.54, 1.807) is 0 Å². The summed E-state index contributed by atoms with van der Waals surface area (Å²) in [6.07, 6.45) is -3.38. The summed E-state index contributed by atoms with van der Waals surface area (Å²) in [7, 11) is 0. The van der Waals surface area contributed by atoms with Gasteiger partial charge < -0.3 is 5.32 Å². The van der Waals surface area contributed by atoms with Crippen molar-refractivity contribution in [3.05, 3.63) is 17.4 Å². The molecule has 4 nitrogen and oxygen atoms in total. The van der Waals surface area contributed by atoms with Gasteiger partial charge in [0.05, 0.1) is 0 Å². The van der Waals surface area contributed by atoms with E-state index in [2.05, 4.69) is 10.3 Å². The van der Waals surface area contributed by atoms with Crippen molar-refractivity contribution in [2.45, 2.75) is 13.1 Å². The van der Waals surface area contributed by atoms with Crippen molar-refractivity contribution in [3.8, 4) is 0 Å². The molecule has 0 spiro atoms. The molecule has 2 aromatic heterocycles. The quantitative estimate of drug-likeness (QED) is 0.843. The van der Waals surface area contributed by atoms with Gasteiger partial charge in [0.25, 0.3) is 0 Å². The molecule has 0 unspecified atom stereocenters. The summed E-state index contributed by atoms with van der Waals surface area (Å²) >= 11 is 0.882. The molecule has 2 aromatic rings. The number of thiazole rings is 1. The standard InChI is InChI=1S/C8H6F3N3OS/c1-4(15)13-6-7-14(3-12-6)5(2-16-7)8(9,10)11/h2-3H,1H3,(H,13,15). The number of fused-ring (bicyclic) bond motifs is 1. The van der Waals surface area contributed by atoms with Gasteiger partial charge in [0, 0.05) is 12.3 Å². The molecule has 0 aliphatic heterocycles. The maximum absolute atomic E-state index is 12.5. The fourth-order valence-electron chi connectivity index (χ4n) is 1.25. The lowest BCUT2D eigenvalue weighted by atomic mass is 10.5. The van der Waals surface area contributed by atoms with Crippen LogP contribution in [0.15, 0.2) is 11.7 Å². The van der Waals surface area contributed by atoms with Gasteiger partial charge in [0.15, 0.2) is 5.82 Å². The third kappa shape index (κ3) is 1.75. The molecule has 0 aliphatic carbocycles. The topological polar surface area (TPSA) is 46.4 Å². The summed E-state index contributed by atoms with van der Waals surface area (Å²) in [5, 5.41) is 3.35. The van der Waals surface area contributed by atoms with E-state index in [1.165, 1.54) is 6.92 Å². The van der Waals surface area contributed by atoms with Gasteiger partial charge in [-0.2, -0.15) is 13.2 Å². The third-order valence-electron chi connectivity index (χ3n) is 1.85. The van der Waals surface area contributed by atoms with E-state index in [-0.39, 0.29) is 16.6 Å². The molecule has 16 heavy (non-hydrogen) atoms. The number of nitrogens with zero attached hydrogens (tertiary/aromatic N) is 2. The van der Waals surface area contributed by atoms with Crippen molar-refractivity contribution < 1.29 is 18.0 Å². The Balaban J connectivity index is 2.52. The lowest BCUT2D eigenvalue weighted by molar-refractivity contribution is -0.141. The Kier molecular flexibility index (Phi) is 2.38. The molecule has 8 heteroatoms. The van der Waals surface area contributed by atoms with Gasteiger partial charge in [0.1, 0.15) is 16.9 Å². The molecule has 0 aliphatic rings. The van der Waals surface area contributed by atoms with Crippen LogP contribution in [0.3, 0.4) is 0 Å². The summed E-state index contributed by atoms with van der Waals surface area (Å²) in [4.78, 5) is 14.8. The monoisotopic (exact) mass is 249 g/mol. The molecule has 86 valence electrons. The maximum Gasteiger partial charge on any atom is 0.432 e. The fraction of sp³-hybridized carbons (Fsp3) is 0.250. The Morgan fingerprint density at radius 3 is 2.81 bits per heavy atom. The van der Waals surface area contributed by atoms with Crippen LogP contribution >= 0.6 is 11.3 Å². The van der Waals surface area contributed by atoms with Crippen LogP contribution in [0.2, 0.25) is 0 Å². The molecule has 0 bridgehead atoms. The lowest BCUT2D eigenvalue weighted by Crippen LogP contribution is -2.08. The number of imidazole rings is 1. The van der Waals surface area contributed by atoms with Crippen molar-refractivity contribution in [3.63, 3.8) is 0 Å². The molecular formula is C8H6F3N3OS. The van der Waals surface area contributed by atoms with Gasteiger partial charge in [-0.05, 0) is 0 Å². The number of alkyl halides is 3. The molecule has 2 heterocycles. The molecule has 0 atom stereocenters. The first-order valence-electron chi connectivity index (χ1n) is 4.19. The average molecular weight is 249 g/mol. The largest absolute Gasteiger partial charge is 0.432 e. The number of carbonyl (C=O) groups is 1. The number of aromatic nitrogens is 2.